The van der Waals surface area contributed by atoms with Gasteiger partial charge >= 0.3 is 0 Å². The minimum atomic E-state index is -3.41. The van der Waals surface area contributed by atoms with Gasteiger partial charge in [-0.2, -0.15) is 4.31 Å². The summed E-state index contributed by atoms with van der Waals surface area (Å²) in [7, 11) is -3.41. The van der Waals surface area contributed by atoms with Crippen molar-refractivity contribution in [2.24, 2.45) is 0 Å². The Hall–Kier alpha value is -2.29. The third-order valence-corrected chi connectivity index (χ3v) is 4.42. The number of hydroxylamine groups is 1. The van der Waals surface area contributed by atoms with Gasteiger partial charge in [-0.05, 0) is 29.3 Å². The topological polar surface area (TPSA) is 99.6 Å². The number of amides is 1. The van der Waals surface area contributed by atoms with Crippen molar-refractivity contribution < 1.29 is 18.4 Å². The van der Waals surface area contributed by atoms with E-state index in [9.17, 15) is 13.2 Å². The largest absolute Gasteiger partial charge is 0.288 e. The summed E-state index contributed by atoms with van der Waals surface area (Å²) in [6, 6.07) is 9.88. The molecule has 23 heavy (non-hydrogen) atoms. The van der Waals surface area contributed by atoms with Gasteiger partial charge in [0.05, 0.1) is 6.26 Å². The van der Waals surface area contributed by atoms with Crippen LogP contribution >= 0.6 is 0 Å². The standard InChI is InChI=1S/C15H17N3O4S/c1-23(21,22)18(11-13-3-2-8-16-9-13)10-12-4-6-14(7-5-12)15(19)17-20/h2-9,20H,10-11H2,1H3,(H,17,19). The molecule has 0 aliphatic rings. The maximum Gasteiger partial charge on any atom is 0.274 e. The van der Waals surface area contributed by atoms with Gasteiger partial charge in [-0.25, -0.2) is 13.9 Å². The van der Waals surface area contributed by atoms with Gasteiger partial charge in [0.1, 0.15) is 0 Å². The summed E-state index contributed by atoms with van der Waals surface area (Å²) in [5.74, 6) is -0.619. The molecule has 1 amide bonds. The lowest BCUT2D eigenvalue weighted by atomic mass is 10.1. The van der Waals surface area contributed by atoms with Crippen molar-refractivity contribution in [3.05, 3.63) is 65.5 Å². The number of carbonyl (C=O) groups excluding carboxylic acids is 1. The molecule has 1 aromatic heterocycles. The fourth-order valence-corrected chi connectivity index (χ4v) is 2.78. The Morgan fingerprint density at radius 2 is 1.83 bits per heavy atom. The first-order valence-corrected chi connectivity index (χ1v) is 8.62. The van der Waals surface area contributed by atoms with Gasteiger partial charge in [0.2, 0.25) is 10.0 Å². The summed E-state index contributed by atoms with van der Waals surface area (Å²) < 4.78 is 25.3. The second-order valence-electron chi connectivity index (χ2n) is 5.03. The fraction of sp³-hybridized carbons (Fsp3) is 0.200. The van der Waals surface area contributed by atoms with E-state index in [1.807, 2.05) is 0 Å². The Morgan fingerprint density at radius 1 is 1.17 bits per heavy atom. The third-order valence-electron chi connectivity index (χ3n) is 3.23. The van der Waals surface area contributed by atoms with Gasteiger partial charge in [0.15, 0.2) is 0 Å². The average molecular weight is 335 g/mol. The first kappa shape index (κ1) is 17.1. The lowest BCUT2D eigenvalue weighted by Crippen LogP contribution is -2.29. The number of carbonyl (C=O) groups is 1. The summed E-state index contributed by atoms with van der Waals surface area (Å²) in [6.07, 6.45) is 4.39. The maximum absolute atomic E-state index is 12.0. The zero-order chi connectivity index (χ0) is 16.9. The number of benzene rings is 1. The van der Waals surface area contributed by atoms with E-state index in [-0.39, 0.29) is 18.7 Å². The van der Waals surface area contributed by atoms with Gasteiger partial charge in [-0.3, -0.25) is 15.0 Å². The molecule has 2 N–H and O–H groups in total. The van der Waals surface area contributed by atoms with E-state index in [2.05, 4.69) is 4.98 Å². The van der Waals surface area contributed by atoms with Crippen LogP contribution < -0.4 is 5.48 Å². The van der Waals surface area contributed by atoms with Crippen LogP contribution in [0.25, 0.3) is 0 Å². The molecule has 0 fully saturated rings. The van der Waals surface area contributed by atoms with E-state index in [4.69, 9.17) is 5.21 Å². The SMILES string of the molecule is CS(=O)(=O)N(Cc1ccc(C(=O)NO)cc1)Cc1cccnc1. The lowest BCUT2D eigenvalue weighted by molar-refractivity contribution is 0.0706. The molecule has 1 heterocycles. The predicted octanol–water partition coefficient (Wildman–Crippen LogP) is 1.16. The zero-order valence-electron chi connectivity index (χ0n) is 12.5. The van der Waals surface area contributed by atoms with E-state index in [0.29, 0.717) is 0 Å². The van der Waals surface area contributed by atoms with Gasteiger partial charge in [-0.1, -0.05) is 18.2 Å². The monoisotopic (exact) mass is 335 g/mol. The van der Waals surface area contributed by atoms with Crippen LogP contribution in [0.2, 0.25) is 0 Å². The zero-order valence-corrected chi connectivity index (χ0v) is 13.3. The number of aromatic nitrogens is 1. The van der Waals surface area contributed by atoms with Crippen LogP contribution in [0.3, 0.4) is 0 Å². The normalized spacial score (nSPS) is 11.4. The van der Waals surface area contributed by atoms with Gasteiger partial charge in [0, 0.05) is 31.0 Å². The number of hydrogen-bond donors (Lipinski definition) is 2. The molecule has 0 atom stereocenters. The van der Waals surface area contributed by atoms with E-state index in [1.54, 1.807) is 42.1 Å². The van der Waals surface area contributed by atoms with Gasteiger partial charge < -0.3 is 0 Å². The summed E-state index contributed by atoms with van der Waals surface area (Å²) in [5.41, 5.74) is 3.35. The van der Waals surface area contributed by atoms with Crippen LogP contribution in [-0.4, -0.2) is 35.1 Å². The van der Waals surface area contributed by atoms with Gasteiger partial charge in [0.25, 0.3) is 5.91 Å². The molecule has 0 unspecified atom stereocenters. The quantitative estimate of drug-likeness (QED) is 0.609. The Morgan fingerprint density at radius 3 is 2.35 bits per heavy atom. The second kappa shape index (κ2) is 7.32. The third kappa shape index (κ3) is 4.85. The number of nitrogens with one attached hydrogen (secondary N) is 1. The fourth-order valence-electron chi connectivity index (χ4n) is 2.02. The van der Waals surface area contributed by atoms with Crippen molar-refractivity contribution in [1.29, 1.82) is 0 Å². The summed E-state index contributed by atoms with van der Waals surface area (Å²) in [6.45, 7) is 0.389. The van der Waals surface area contributed by atoms with Crippen molar-refractivity contribution in [1.82, 2.24) is 14.8 Å². The maximum atomic E-state index is 12.0. The number of hydrogen-bond acceptors (Lipinski definition) is 5. The molecule has 0 radical (unpaired) electrons. The highest BCUT2D eigenvalue weighted by molar-refractivity contribution is 7.88. The van der Waals surface area contributed by atoms with Crippen molar-refractivity contribution in [2.45, 2.75) is 13.1 Å². The highest BCUT2D eigenvalue weighted by atomic mass is 32.2. The molecule has 1 aromatic carbocycles. The van der Waals surface area contributed by atoms with Crippen LogP contribution in [0.5, 0.6) is 0 Å². The molecule has 122 valence electrons. The molecule has 8 heteroatoms. The molecule has 0 saturated heterocycles. The van der Waals surface area contributed by atoms with Crippen molar-refractivity contribution in [3.8, 4) is 0 Å². The summed E-state index contributed by atoms with van der Waals surface area (Å²) >= 11 is 0. The molecule has 2 rings (SSSR count). The average Bonchev–Trinajstić information content (AvgIpc) is 2.54. The lowest BCUT2D eigenvalue weighted by Gasteiger charge is -2.20. The van der Waals surface area contributed by atoms with Crippen LogP contribution in [0, 0.1) is 0 Å². The molecule has 0 aliphatic heterocycles. The molecule has 7 nitrogen and oxygen atoms in total. The highest BCUT2D eigenvalue weighted by Crippen LogP contribution is 2.14. The summed E-state index contributed by atoms with van der Waals surface area (Å²) in [5, 5.41) is 8.58. The van der Waals surface area contributed by atoms with E-state index < -0.39 is 15.9 Å². The Bertz CT molecular complexity index is 761. The molecule has 2 aromatic rings. The van der Waals surface area contributed by atoms with Crippen molar-refractivity contribution >= 4 is 15.9 Å². The van der Waals surface area contributed by atoms with Crippen LogP contribution in [0.4, 0.5) is 0 Å². The number of rotatable bonds is 6. The van der Waals surface area contributed by atoms with Crippen LogP contribution in [0.15, 0.2) is 48.8 Å². The second-order valence-corrected chi connectivity index (χ2v) is 7.01. The van der Waals surface area contributed by atoms with Crippen molar-refractivity contribution in [2.75, 3.05) is 6.26 Å². The molecule has 0 saturated carbocycles. The number of pyridine rings is 1. The Kier molecular flexibility index (Phi) is 5.43. The summed E-state index contributed by atoms with van der Waals surface area (Å²) in [4.78, 5) is 15.3. The molecular formula is C15H17N3O4S. The first-order chi connectivity index (χ1) is 10.9. The van der Waals surface area contributed by atoms with E-state index >= 15 is 0 Å². The first-order valence-electron chi connectivity index (χ1n) is 6.77. The Labute approximate surface area is 134 Å². The van der Waals surface area contributed by atoms with E-state index in [0.717, 1.165) is 17.4 Å². The van der Waals surface area contributed by atoms with Crippen molar-refractivity contribution in [3.63, 3.8) is 0 Å². The van der Waals surface area contributed by atoms with Gasteiger partial charge in [-0.15, -0.1) is 0 Å². The van der Waals surface area contributed by atoms with Crippen LogP contribution in [-0.2, 0) is 23.1 Å². The predicted molar refractivity (Wildman–Crippen MR) is 84.0 cm³/mol. The minimum Gasteiger partial charge on any atom is -0.288 e. The molecule has 0 aliphatic carbocycles. The highest BCUT2D eigenvalue weighted by Gasteiger charge is 2.18. The van der Waals surface area contributed by atoms with E-state index in [1.165, 1.54) is 16.4 Å². The molecule has 0 spiro atoms. The number of sulfonamides is 1. The number of nitrogens with zero attached hydrogens (tertiary/aromatic N) is 2. The molecular weight excluding hydrogens is 318 g/mol. The smallest absolute Gasteiger partial charge is 0.274 e. The Balaban J connectivity index is 2.17. The van der Waals surface area contributed by atoms with Crippen LogP contribution in [0.1, 0.15) is 21.5 Å². The minimum absolute atomic E-state index is 0.175. The molecule has 0 bridgehead atoms.